The minimum Gasteiger partial charge on any atom is -0.495 e. The van der Waals surface area contributed by atoms with Crippen molar-refractivity contribution in [3.05, 3.63) is 22.7 Å². The molecular formula is C14H16ClN3O4. The lowest BCUT2D eigenvalue weighted by atomic mass is 10.1. The molecular weight excluding hydrogens is 310 g/mol. The summed E-state index contributed by atoms with van der Waals surface area (Å²) in [7, 11) is 1.48. The van der Waals surface area contributed by atoms with Crippen molar-refractivity contribution in [1.29, 1.82) is 0 Å². The van der Waals surface area contributed by atoms with Crippen molar-refractivity contribution in [3.8, 4) is 5.75 Å². The maximum absolute atomic E-state index is 12.0. The summed E-state index contributed by atoms with van der Waals surface area (Å²) in [5.74, 6) is -0.248. The first-order chi connectivity index (χ1) is 10.4. The second kappa shape index (κ2) is 6.65. The van der Waals surface area contributed by atoms with Crippen molar-refractivity contribution in [3.63, 3.8) is 0 Å². The lowest BCUT2D eigenvalue weighted by Gasteiger charge is -2.13. The van der Waals surface area contributed by atoms with Crippen LogP contribution in [-0.2, 0) is 9.59 Å². The number of aryl methyl sites for hydroxylation is 1. The Morgan fingerprint density at radius 1 is 1.41 bits per heavy atom. The predicted octanol–water partition coefficient (Wildman–Crippen LogP) is 1.58. The Labute approximate surface area is 132 Å². The zero-order chi connectivity index (χ0) is 16.3. The maximum atomic E-state index is 12.0. The van der Waals surface area contributed by atoms with Gasteiger partial charge in [0.25, 0.3) is 5.91 Å². The summed E-state index contributed by atoms with van der Waals surface area (Å²) in [6, 6.07) is 2.12. The third-order valence-corrected chi connectivity index (χ3v) is 3.68. The van der Waals surface area contributed by atoms with Gasteiger partial charge in [-0.1, -0.05) is 11.6 Å². The largest absolute Gasteiger partial charge is 0.495 e. The highest BCUT2D eigenvalue weighted by Crippen LogP contribution is 2.31. The number of hydrogen-bond donors (Lipinski definition) is 3. The van der Waals surface area contributed by atoms with E-state index >= 15 is 0 Å². The molecule has 0 bridgehead atoms. The summed E-state index contributed by atoms with van der Waals surface area (Å²) in [5, 5.41) is 7.81. The van der Waals surface area contributed by atoms with E-state index in [2.05, 4.69) is 16.0 Å². The summed E-state index contributed by atoms with van der Waals surface area (Å²) in [6.07, 6.45) is 0.307. The van der Waals surface area contributed by atoms with Crippen LogP contribution in [0.5, 0.6) is 5.75 Å². The van der Waals surface area contributed by atoms with Crippen molar-refractivity contribution in [2.45, 2.75) is 25.8 Å². The monoisotopic (exact) mass is 325 g/mol. The van der Waals surface area contributed by atoms with E-state index in [4.69, 9.17) is 16.3 Å². The standard InChI is InChI=1S/C14H16ClN3O4/c1-7-5-10(11(22-2)6-8(7)15)16-12(19)4-3-9-13(20)18-14(21)17-9/h5-6,9H,3-4H2,1-2H3,(H,16,19)(H2,17,18,20,21)/t9-/m1/s1. The summed E-state index contributed by atoms with van der Waals surface area (Å²) in [4.78, 5) is 34.3. The molecule has 3 N–H and O–H groups in total. The van der Waals surface area contributed by atoms with Gasteiger partial charge in [0.05, 0.1) is 12.8 Å². The van der Waals surface area contributed by atoms with Crippen molar-refractivity contribution in [2.24, 2.45) is 0 Å². The zero-order valence-electron chi connectivity index (χ0n) is 12.2. The number of ether oxygens (including phenoxy) is 1. The highest BCUT2D eigenvalue weighted by molar-refractivity contribution is 6.31. The van der Waals surface area contributed by atoms with Crippen molar-refractivity contribution in [1.82, 2.24) is 10.6 Å². The average Bonchev–Trinajstić information content (AvgIpc) is 2.78. The molecule has 1 heterocycles. The minimum atomic E-state index is -0.674. The molecule has 0 radical (unpaired) electrons. The highest BCUT2D eigenvalue weighted by Gasteiger charge is 2.29. The molecule has 1 aliphatic rings. The molecule has 0 aliphatic carbocycles. The Morgan fingerprint density at radius 3 is 2.73 bits per heavy atom. The molecule has 1 aromatic carbocycles. The molecule has 8 heteroatoms. The molecule has 1 aromatic rings. The molecule has 4 amide bonds. The third-order valence-electron chi connectivity index (χ3n) is 3.27. The Balaban J connectivity index is 1.96. The van der Waals surface area contributed by atoms with Gasteiger partial charge < -0.3 is 15.4 Å². The number of methoxy groups -OCH3 is 1. The number of halogens is 1. The molecule has 118 valence electrons. The first-order valence-corrected chi connectivity index (χ1v) is 7.04. The van der Waals surface area contributed by atoms with Gasteiger partial charge in [0, 0.05) is 17.5 Å². The van der Waals surface area contributed by atoms with Gasteiger partial charge in [-0.3, -0.25) is 14.9 Å². The van der Waals surface area contributed by atoms with Gasteiger partial charge in [0.15, 0.2) is 0 Å². The molecule has 0 spiro atoms. The Hall–Kier alpha value is -2.28. The van der Waals surface area contributed by atoms with Crippen LogP contribution in [0.1, 0.15) is 18.4 Å². The Morgan fingerprint density at radius 2 is 2.14 bits per heavy atom. The summed E-state index contributed by atoms with van der Waals surface area (Å²) >= 11 is 6.00. The van der Waals surface area contributed by atoms with E-state index in [1.807, 2.05) is 6.92 Å². The lowest BCUT2D eigenvalue weighted by molar-refractivity contribution is -0.120. The van der Waals surface area contributed by atoms with Crippen molar-refractivity contribution in [2.75, 3.05) is 12.4 Å². The van der Waals surface area contributed by atoms with Crippen LogP contribution in [0.2, 0.25) is 5.02 Å². The number of nitrogens with one attached hydrogen (secondary N) is 3. The third kappa shape index (κ3) is 3.67. The molecule has 1 aliphatic heterocycles. The first-order valence-electron chi connectivity index (χ1n) is 6.66. The van der Waals surface area contributed by atoms with Crippen LogP contribution >= 0.6 is 11.6 Å². The summed E-state index contributed by atoms with van der Waals surface area (Å²) < 4.78 is 5.17. The highest BCUT2D eigenvalue weighted by atomic mass is 35.5. The SMILES string of the molecule is COc1cc(Cl)c(C)cc1NC(=O)CC[C@H]1NC(=O)NC1=O. The van der Waals surface area contributed by atoms with Gasteiger partial charge in [0.1, 0.15) is 11.8 Å². The molecule has 7 nitrogen and oxygen atoms in total. The molecule has 1 saturated heterocycles. The van der Waals surface area contributed by atoms with E-state index in [9.17, 15) is 14.4 Å². The van der Waals surface area contributed by atoms with Crippen LogP contribution < -0.4 is 20.7 Å². The van der Waals surface area contributed by atoms with E-state index in [1.54, 1.807) is 12.1 Å². The van der Waals surface area contributed by atoms with E-state index < -0.39 is 18.0 Å². The fourth-order valence-corrected chi connectivity index (χ4v) is 2.23. The fraction of sp³-hybridized carbons (Fsp3) is 0.357. The van der Waals surface area contributed by atoms with Crippen LogP contribution in [0.15, 0.2) is 12.1 Å². The number of rotatable bonds is 5. The van der Waals surface area contributed by atoms with Crippen molar-refractivity contribution >= 4 is 35.1 Å². The van der Waals surface area contributed by atoms with Gasteiger partial charge in [0.2, 0.25) is 5.91 Å². The quantitative estimate of drug-likeness (QED) is 0.716. The van der Waals surface area contributed by atoms with E-state index in [0.717, 1.165) is 5.56 Å². The van der Waals surface area contributed by atoms with Gasteiger partial charge in [-0.25, -0.2) is 4.79 Å². The number of hydrogen-bond acceptors (Lipinski definition) is 4. The number of benzene rings is 1. The zero-order valence-corrected chi connectivity index (χ0v) is 12.9. The van der Waals surface area contributed by atoms with Crippen LogP contribution in [0.3, 0.4) is 0 Å². The molecule has 22 heavy (non-hydrogen) atoms. The number of urea groups is 1. The van der Waals surface area contributed by atoms with E-state index in [0.29, 0.717) is 16.5 Å². The number of imide groups is 1. The number of carbonyl (C=O) groups excluding carboxylic acids is 3. The topological polar surface area (TPSA) is 96.5 Å². The van der Waals surface area contributed by atoms with Gasteiger partial charge in [-0.15, -0.1) is 0 Å². The number of amides is 4. The molecule has 0 saturated carbocycles. The lowest BCUT2D eigenvalue weighted by Crippen LogP contribution is -2.30. The molecule has 1 fully saturated rings. The van der Waals surface area contributed by atoms with Gasteiger partial charge in [-0.05, 0) is 25.0 Å². The van der Waals surface area contributed by atoms with Crippen LogP contribution in [0.4, 0.5) is 10.5 Å². The normalized spacial score (nSPS) is 17.0. The Kier molecular flexibility index (Phi) is 4.87. The smallest absolute Gasteiger partial charge is 0.322 e. The van der Waals surface area contributed by atoms with E-state index in [-0.39, 0.29) is 18.7 Å². The molecule has 2 rings (SSSR count). The second-order valence-corrected chi connectivity index (χ2v) is 5.31. The molecule has 1 atom stereocenters. The van der Waals surface area contributed by atoms with Gasteiger partial charge >= 0.3 is 6.03 Å². The van der Waals surface area contributed by atoms with Crippen molar-refractivity contribution < 1.29 is 19.1 Å². The fourth-order valence-electron chi connectivity index (χ4n) is 2.08. The molecule has 0 aromatic heterocycles. The summed E-state index contributed by atoms with van der Waals surface area (Å²) in [5.41, 5.74) is 1.31. The van der Waals surface area contributed by atoms with E-state index in [1.165, 1.54) is 7.11 Å². The summed E-state index contributed by atoms with van der Waals surface area (Å²) in [6.45, 7) is 1.82. The molecule has 0 unspecified atom stereocenters. The van der Waals surface area contributed by atoms with Crippen LogP contribution in [-0.4, -0.2) is 31.0 Å². The van der Waals surface area contributed by atoms with Crippen LogP contribution in [0.25, 0.3) is 0 Å². The van der Waals surface area contributed by atoms with Gasteiger partial charge in [-0.2, -0.15) is 0 Å². The predicted molar refractivity (Wildman–Crippen MR) is 81.1 cm³/mol. The second-order valence-electron chi connectivity index (χ2n) is 4.90. The number of anilines is 1. The average molecular weight is 326 g/mol. The number of carbonyl (C=O) groups is 3. The first kappa shape index (κ1) is 16.1. The Bertz CT molecular complexity index is 633. The minimum absolute atomic E-state index is 0.0865. The maximum Gasteiger partial charge on any atom is 0.322 e. The van der Waals surface area contributed by atoms with Crippen LogP contribution in [0, 0.1) is 6.92 Å².